The summed E-state index contributed by atoms with van der Waals surface area (Å²) >= 11 is 0. The minimum atomic E-state index is -3.62. The van der Waals surface area contributed by atoms with Gasteiger partial charge in [-0.05, 0) is 31.8 Å². The van der Waals surface area contributed by atoms with Gasteiger partial charge in [-0.3, -0.25) is 9.59 Å². The summed E-state index contributed by atoms with van der Waals surface area (Å²) in [5.74, 6) is -0.685. The molecule has 3 atom stereocenters. The molecule has 0 saturated carbocycles. The number of unbranched alkanes of at least 4 members (excludes halogenated alkanes) is 2. The zero-order chi connectivity index (χ0) is 22.6. The molecule has 0 unspecified atom stereocenters. The maximum atomic E-state index is 13.0. The molecule has 10 heteroatoms. The number of likely N-dealkylation sites (tertiary alicyclic amines) is 1. The van der Waals surface area contributed by atoms with Crippen molar-refractivity contribution in [1.82, 2.24) is 19.0 Å². The monoisotopic (exact) mass is 488 g/mol. The van der Waals surface area contributed by atoms with Gasteiger partial charge in [-0.25, -0.2) is 12.7 Å². The maximum absolute atomic E-state index is 13.0. The summed E-state index contributed by atoms with van der Waals surface area (Å²) in [6, 6.07) is -0.704. The molecule has 3 aliphatic rings. The topological polar surface area (TPSA) is 81.2 Å². The van der Waals surface area contributed by atoms with Crippen LogP contribution in [0.5, 0.6) is 0 Å². The van der Waals surface area contributed by atoms with E-state index < -0.39 is 22.0 Å². The first-order valence-electron chi connectivity index (χ1n) is 11.4. The average Bonchev–Trinajstić information content (AvgIpc) is 3.14. The molecule has 0 aromatic heterocycles. The van der Waals surface area contributed by atoms with Gasteiger partial charge in [-0.15, -0.1) is 12.4 Å². The highest BCUT2D eigenvalue weighted by molar-refractivity contribution is 7.88. The molecule has 2 saturated heterocycles. The van der Waals surface area contributed by atoms with Gasteiger partial charge in [-0.1, -0.05) is 19.8 Å². The van der Waals surface area contributed by atoms with Crippen LogP contribution in [-0.4, -0.2) is 84.3 Å². The third-order valence-electron chi connectivity index (χ3n) is 6.47. The fourth-order valence-corrected chi connectivity index (χ4v) is 6.24. The number of amides is 2. The molecule has 0 aromatic carbocycles. The van der Waals surface area contributed by atoms with Crippen molar-refractivity contribution in [2.75, 3.05) is 32.9 Å². The van der Waals surface area contributed by atoms with Crippen LogP contribution in [0, 0.1) is 5.92 Å². The summed E-state index contributed by atoms with van der Waals surface area (Å²) in [6.45, 7) is 4.36. The van der Waals surface area contributed by atoms with Gasteiger partial charge in [0.1, 0.15) is 0 Å². The third-order valence-corrected chi connectivity index (χ3v) is 7.64. The smallest absolute Gasteiger partial charge is 0.241 e. The van der Waals surface area contributed by atoms with Crippen molar-refractivity contribution >= 4 is 34.2 Å². The number of sulfonamides is 1. The first kappa shape index (κ1) is 26.5. The summed E-state index contributed by atoms with van der Waals surface area (Å²) < 4.78 is 25.5. The normalized spacial score (nSPS) is 25.2. The summed E-state index contributed by atoms with van der Waals surface area (Å²) in [5.41, 5.74) is 0. The van der Waals surface area contributed by atoms with E-state index in [2.05, 4.69) is 17.2 Å². The van der Waals surface area contributed by atoms with Crippen LogP contribution in [0.3, 0.4) is 0 Å². The maximum Gasteiger partial charge on any atom is 0.241 e. The number of hydrogen-bond donors (Lipinski definition) is 0. The standard InChI is InChI=1S/C22H36N4O4S.ClH/c1-4-9-18-21-19(26(22(18)28)31(3,29)30)11-15-25(21)20(27)10-6-5-7-13-24-14-8-12-23(2)16-17-24;/h8,12,16-19,21H,4-7,9-11,13-15H2,1-3H3;1H/t18-,19+,21-;/m1./s1. The molecule has 0 spiro atoms. The Hall–Kier alpha value is -1.74. The summed E-state index contributed by atoms with van der Waals surface area (Å²) in [6.07, 6.45) is 14.6. The van der Waals surface area contributed by atoms with Gasteiger partial charge >= 0.3 is 0 Å². The second-order valence-corrected chi connectivity index (χ2v) is 10.7. The predicted molar refractivity (Wildman–Crippen MR) is 127 cm³/mol. The Morgan fingerprint density at radius 2 is 1.91 bits per heavy atom. The molecule has 32 heavy (non-hydrogen) atoms. The van der Waals surface area contributed by atoms with Gasteiger partial charge in [0.2, 0.25) is 21.8 Å². The molecule has 0 radical (unpaired) electrons. The van der Waals surface area contributed by atoms with Crippen molar-refractivity contribution in [1.29, 1.82) is 0 Å². The molecule has 0 aromatic rings. The van der Waals surface area contributed by atoms with E-state index in [1.165, 1.54) is 0 Å². The first-order valence-corrected chi connectivity index (χ1v) is 13.2. The minimum Gasteiger partial charge on any atom is -0.372 e. The quantitative estimate of drug-likeness (QED) is 0.463. The Balaban J connectivity index is 0.00000363. The molecule has 182 valence electrons. The SMILES string of the molecule is CCC[C@H]1C(=O)N(S(C)(=O)=O)[C@H]2CCN(C(=O)CCCCCN3C=CN(C)C=CC3)[C@H]12.Cl. The van der Waals surface area contributed by atoms with E-state index in [0.717, 1.165) is 49.3 Å². The van der Waals surface area contributed by atoms with Gasteiger partial charge in [0.15, 0.2) is 0 Å². The van der Waals surface area contributed by atoms with E-state index in [-0.39, 0.29) is 30.3 Å². The van der Waals surface area contributed by atoms with E-state index in [0.29, 0.717) is 25.8 Å². The van der Waals surface area contributed by atoms with Crippen LogP contribution in [0.25, 0.3) is 0 Å². The lowest BCUT2D eigenvalue weighted by atomic mass is 9.94. The Kier molecular flexibility index (Phi) is 9.45. The number of halogens is 1. The van der Waals surface area contributed by atoms with Gasteiger partial charge in [0.05, 0.1) is 24.3 Å². The van der Waals surface area contributed by atoms with Gasteiger partial charge in [-0.2, -0.15) is 0 Å². The highest BCUT2D eigenvalue weighted by Gasteiger charge is 2.56. The minimum absolute atomic E-state index is 0. The molecule has 0 N–H and O–H groups in total. The highest BCUT2D eigenvalue weighted by atomic mass is 35.5. The van der Waals surface area contributed by atoms with E-state index in [1.807, 2.05) is 31.3 Å². The molecule has 3 aliphatic heterocycles. The molecule has 8 nitrogen and oxygen atoms in total. The number of carbonyl (C=O) groups excluding carboxylic acids is 2. The van der Waals surface area contributed by atoms with Gasteiger partial charge in [0.25, 0.3) is 0 Å². The Morgan fingerprint density at radius 1 is 1.16 bits per heavy atom. The number of nitrogens with zero attached hydrogens (tertiary/aromatic N) is 4. The van der Waals surface area contributed by atoms with Crippen LogP contribution in [0.1, 0.15) is 51.9 Å². The van der Waals surface area contributed by atoms with Crippen LogP contribution in [0.15, 0.2) is 24.7 Å². The molecule has 3 rings (SSSR count). The van der Waals surface area contributed by atoms with Crippen molar-refractivity contribution in [3.8, 4) is 0 Å². The van der Waals surface area contributed by atoms with Gasteiger partial charge < -0.3 is 14.7 Å². The fraction of sp³-hybridized carbons (Fsp3) is 0.727. The largest absolute Gasteiger partial charge is 0.372 e. The van der Waals surface area contributed by atoms with Crippen molar-refractivity contribution < 1.29 is 18.0 Å². The molecular weight excluding hydrogens is 452 g/mol. The van der Waals surface area contributed by atoms with Crippen molar-refractivity contribution in [3.63, 3.8) is 0 Å². The number of carbonyl (C=O) groups is 2. The lowest BCUT2D eigenvalue weighted by Gasteiger charge is -2.27. The molecular formula is C22H37ClN4O4S. The number of rotatable bonds is 9. The zero-order valence-corrected chi connectivity index (χ0v) is 21.0. The lowest BCUT2D eigenvalue weighted by Crippen LogP contribution is -2.43. The van der Waals surface area contributed by atoms with Crippen molar-refractivity contribution in [2.24, 2.45) is 5.92 Å². The zero-order valence-electron chi connectivity index (χ0n) is 19.4. The Labute approximate surface area is 198 Å². The predicted octanol–water partition coefficient (Wildman–Crippen LogP) is 2.39. The Bertz CT molecular complexity index is 832. The number of fused-ring (bicyclic) bond motifs is 1. The van der Waals surface area contributed by atoms with E-state index in [4.69, 9.17) is 0 Å². The molecule has 3 heterocycles. The third kappa shape index (κ3) is 5.98. The summed E-state index contributed by atoms with van der Waals surface area (Å²) in [5, 5.41) is 0. The van der Waals surface area contributed by atoms with Crippen LogP contribution in [-0.2, 0) is 19.6 Å². The average molecular weight is 489 g/mol. The molecule has 0 bridgehead atoms. The Morgan fingerprint density at radius 3 is 2.59 bits per heavy atom. The van der Waals surface area contributed by atoms with E-state index in [1.54, 1.807) is 4.90 Å². The van der Waals surface area contributed by atoms with Crippen LogP contribution >= 0.6 is 12.4 Å². The van der Waals surface area contributed by atoms with Gasteiger partial charge in [0, 0.05) is 51.7 Å². The van der Waals surface area contributed by atoms with E-state index >= 15 is 0 Å². The van der Waals surface area contributed by atoms with E-state index in [9.17, 15) is 18.0 Å². The molecule has 2 fully saturated rings. The summed E-state index contributed by atoms with van der Waals surface area (Å²) in [7, 11) is -1.62. The fourth-order valence-electron chi connectivity index (χ4n) is 5.05. The first-order chi connectivity index (χ1) is 14.7. The number of hydrogen-bond acceptors (Lipinski definition) is 6. The van der Waals surface area contributed by atoms with Crippen LogP contribution < -0.4 is 0 Å². The molecule has 0 aliphatic carbocycles. The highest BCUT2D eigenvalue weighted by Crippen LogP contribution is 2.40. The second-order valence-electron chi connectivity index (χ2n) is 8.88. The summed E-state index contributed by atoms with van der Waals surface area (Å²) in [4.78, 5) is 31.8. The second kappa shape index (κ2) is 11.4. The van der Waals surface area contributed by atoms with Crippen molar-refractivity contribution in [3.05, 3.63) is 24.7 Å². The van der Waals surface area contributed by atoms with Crippen LogP contribution in [0.2, 0.25) is 0 Å². The van der Waals surface area contributed by atoms with Crippen molar-refractivity contribution in [2.45, 2.75) is 64.0 Å². The lowest BCUT2D eigenvalue weighted by molar-refractivity contribution is -0.134. The molecule has 2 amide bonds. The van der Waals surface area contributed by atoms with Crippen LogP contribution in [0.4, 0.5) is 0 Å².